The Morgan fingerprint density at radius 1 is 1.25 bits per heavy atom. The molecule has 3 N–H and O–H groups in total. The Kier molecular flexibility index (Phi) is 4.53. The Morgan fingerprint density at radius 2 is 2.00 bits per heavy atom. The Balaban J connectivity index is 2.10. The number of amides is 1. The molecule has 0 aromatic heterocycles. The molecule has 0 radical (unpaired) electrons. The van der Waals surface area contributed by atoms with Gasteiger partial charge in [0.2, 0.25) is 5.91 Å². The van der Waals surface area contributed by atoms with Gasteiger partial charge in [0, 0.05) is 10.7 Å². The number of carbonyl (C=O) groups excluding carboxylic acids is 1. The first-order chi connectivity index (χ1) is 9.45. The number of nitrogens with two attached hydrogens (primary N) is 1. The second-order valence-electron chi connectivity index (χ2n) is 4.54. The molecule has 1 amide bonds. The number of rotatable bonds is 3. The molecule has 3 nitrogen and oxygen atoms in total. The van der Waals surface area contributed by atoms with Crippen molar-refractivity contribution >= 4 is 40.5 Å². The van der Waals surface area contributed by atoms with Gasteiger partial charge in [-0.15, -0.1) is 0 Å². The van der Waals surface area contributed by atoms with Gasteiger partial charge in [-0.1, -0.05) is 35.3 Å². The monoisotopic (exact) mass is 308 g/mol. The highest BCUT2D eigenvalue weighted by molar-refractivity contribution is 6.33. The van der Waals surface area contributed by atoms with Crippen molar-refractivity contribution in [2.24, 2.45) is 0 Å². The van der Waals surface area contributed by atoms with Crippen LogP contribution in [0.1, 0.15) is 11.1 Å². The molecule has 104 valence electrons. The van der Waals surface area contributed by atoms with Gasteiger partial charge in [0.25, 0.3) is 0 Å². The van der Waals surface area contributed by atoms with E-state index in [1.807, 2.05) is 19.1 Å². The summed E-state index contributed by atoms with van der Waals surface area (Å²) >= 11 is 11.8. The van der Waals surface area contributed by atoms with Crippen molar-refractivity contribution in [3.05, 3.63) is 57.6 Å². The van der Waals surface area contributed by atoms with Crippen LogP contribution in [0.4, 0.5) is 11.4 Å². The molecule has 2 rings (SSSR count). The van der Waals surface area contributed by atoms with E-state index in [2.05, 4.69) is 5.32 Å². The molecule has 20 heavy (non-hydrogen) atoms. The zero-order valence-corrected chi connectivity index (χ0v) is 12.4. The zero-order chi connectivity index (χ0) is 14.7. The van der Waals surface area contributed by atoms with E-state index in [1.165, 1.54) is 0 Å². The van der Waals surface area contributed by atoms with Crippen LogP contribution in [0.25, 0.3) is 0 Å². The fourth-order valence-electron chi connectivity index (χ4n) is 1.87. The third kappa shape index (κ3) is 3.65. The fraction of sp³-hybridized carbons (Fsp3) is 0.133. The molecular formula is C15H14Cl2N2O. The SMILES string of the molecule is Cc1cc(N)c(Cl)cc1NC(=O)Cc1cccc(Cl)c1. The minimum absolute atomic E-state index is 0.129. The van der Waals surface area contributed by atoms with Crippen molar-refractivity contribution in [1.29, 1.82) is 0 Å². The summed E-state index contributed by atoms with van der Waals surface area (Å²) in [4.78, 5) is 12.0. The summed E-state index contributed by atoms with van der Waals surface area (Å²) in [7, 11) is 0. The van der Waals surface area contributed by atoms with Crippen LogP contribution in [0.2, 0.25) is 10.0 Å². The summed E-state index contributed by atoms with van der Waals surface area (Å²) in [5.74, 6) is -0.129. The first-order valence-electron chi connectivity index (χ1n) is 6.05. The van der Waals surface area contributed by atoms with Crippen molar-refractivity contribution in [3.8, 4) is 0 Å². The molecular weight excluding hydrogens is 295 g/mol. The zero-order valence-electron chi connectivity index (χ0n) is 10.9. The average molecular weight is 309 g/mol. The van der Waals surface area contributed by atoms with Gasteiger partial charge >= 0.3 is 0 Å². The normalized spacial score (nSPS) is 10.3. The summed E-state index contributed by atoms with van der Waals surface area (Å²) < 4.78 is 0. The van der Waals surface area contributed by atoms with E-state index >= 15 is 0 Å². The quantitative estimate of drug-likeness (QED) is 0.840. The van der Waals surface area contributed by atoms with E-state index < -0.39 is 0 Å². The fourth-order valence-corrected chi connectivity index (χ4v) is 2.24. The number of aryl methyl sites for hydroxylation is 1. The van der Waals surface area contributed by atoms with Gasteiger partial charge in [0.05, 0.1) is 17.1 Å². The molecule has 2 aromatic carbocycles. The van der Waals surface area contributed by atoms with Gasteiger partial charge in [-0.2, -0.15) is 0 Å². The van der Waals surface area contributed by atoms with Crippen LogP contribution in [-0.4, -0.2) is 5.91 Å². The van der Waals surface area contributed by atoms with Crippen LogP contribution in [0, 0.1) is 6.92 Å². The molecule has 0 aliphatic heterocycles. The molecule has 0 bridgehead atoms. The van der Waals surface area contributed by atoms with E-state index in [4.69, 9.17) is 28.9 Å². The Morgan fingerprint density at radius 3 is 2.70 bits per heavy atom. The molecule has 2 aromatic rings. The van der Waals surface area contributed by atoms with Crippen LogP contribution in [0.5, 0.6) is 0 Å². The molecule has 0 saturated heterocycles. The number of carbonyl (C=O) groups is 1. The maximum Gasteiger partial charge on any atom is 0.228 e. The predicted octanol–water partition coefficient (Wildman–Crippen LogP) is 4.07. The van der Waals surface area contributed by atoms with Gasteiger partial charge in [-0.05, 0) is 42.3 Å². The third-order valence-corrected chi connectivity index (χ3v) is 3.43. The molecule has 5 heteroatoms. The number of anilines is 2. The first-order valence-corrected chi connectivity index (χ1v) is 6.81. The smallest absolute Gasteiger partial charge is 0.228 e. The van der Waals surface area contributed by atoms with E-state index in [0.29, 0.717) is 21.4 Å². The van der Waals surface area contributed by atoms with E-state index in [-0.39, 0.29) is 12.3 Å². The van der Waals surface area contributed by atoms with E-state index in [9.17, 15) is 4.79 Å². The molecule has 0 saturated carbocycles. The van der Waals surface area contributed by atoms with Gasteiger partial charge in [0.15, 0.2) is 0 Å². The van der Waals surface area contributed by atoms with E-state index in [0.717, 1.165) is 11.1 Å². The first kappa shape index (κ1) is 14.7. The lowest BCUT2D eigenvalue weighted by Crippen LogP contribution is -2.15. The molecule has 0 fully saturated rings. The van der Waals surface area contributed by atoms with Gasteiger partial charge < -0.3 is 11.1 Å². The molecule has 0 aliphatic rings. The van der Waals surface area contributed by atoms with Gasteiger partial charge in [0.1, 0.15) is 0 Å². The lowest BCUT2D eigenvalue weighted by Gasteiger charge is -2.10. The molecule has 0 unspecified atom stereocenters. The molecule has 0 atom stereocenters. The molecule has 0 heterocycles. The standard InChI is InChI=1S/C15H14Cl2N2O/c1-9-5-13(18)12(17)8-14(9)19-15(20)7-10-3-2-4-11(16)6-10/h2-6,8H,7,18H2,1H3,(H,19,20). The minimum atomic E-state index is -0.129. The lowest BCUT2D eigenvalue weighted by molar-refractivity contribution is -0.115. The molecule has 0 spiro atoms. The van der Waals surface area contributed by atoms with Crippen LogP contribution < -0.4 is 11.1 Å². The van der Waals surface area contributed by atoms with Crippen LogP contribution >= 0.6 is 23.2 Å². The Hall–Kier alpha value is -1.71. The highest BCUT2D eigenvalue weighted by Gasteiger charge is 2.08. The van der Waals surface area contributed by atoms with E-state index in [1.54, 1.807) is 24.3 Å². The third-order valence-electron chi connectivity index (χ3n) is 2.87. The second-order valence-corrected chi connectivity index (χ2v) is 5.39. The van der Waals surface area contributed by atoms with Crippen molar-refractivity contribution in [2.75, 3.05) is 11.1 Å². The van der Waals surface area contributed by atoms with Gasteiger partial charge in [-0.3, -0.25) is 4.79 Å². The number of nitrogens with one attached hydrogen (secondary N) is 1. The summed E-state index contributed by atoms with van der Waals surface area (Å²) in [6, 6.07) is 10.6. The maximum absolute atomic E-state index is 12.0. The number of hydrogen-bond acceptors (Lipinski definition) is 2. The highest BCUT2D eigenvalue weighted by Crippen LogP contribution is 2.26. The number of halogens is 2. The predicted molar refractivity (Wildman–Crippen MR) is 84.4 cm³/mol. The summed E-state index contributed by atoms with van der Waals surface area (Å²) in [6.45, 7) is 1.86. The Bertz CT molecular complexity index is 656. The average Bonchev–Trinajstić information content (AvgIpc) is 2.36. The minimum Gasteiger partial charge on any atom is -0.398 e. The maximum atomic E-state index is 12.0. The molecule has 0 aliphatic carbocycles. The number of hydrogen-bond donors (Lipinski definition) is 2. The summed E-state index contributed by atoms with van der Waals surface area (Å²) in [6.07, 6.45) is 0.252. The lowest BCUT2D eigenvalue weighted by atomic mass is 10.1. The van der Waals surface area contributed by atoms with Crippen molar-refractivity contribution < 1.29 is 4.79 Å². The second kappa shape index (κ2) is 6.16. The van der Waals surface area contributed by atoms with Crippen LogP contribution in [0.15, 0.2) is 36.4 Å². The van der Waals surface area contributed by atoms with Crippen molar-refractivity contribution in [3.63, 3.8) is 0 Å². The largest absolute Gasteiger partial charge is 0.398 e. The van der Waals surface area contributed by atoms with Crippen LogP contribution in [-0.2, 0) is 11.2 Å². The topological polar surface area (TPSA) is 55.1 Å². The summed E-state index contributed by atoms with van der Waals surface area (Å²) in [5.41, 5.74) is 8.58. The highest BCUT2D eigenvalue weighted by atomic mass is 35.5. The van der Waals surface area contributed by atoms with Crippen LogP contribution in [0.3, 0.4) is 0 Å². The number of benzene rings is 2. The van der Waals surface area contributed by atoms with Crippen molar-refractivity contribution in [1.82, 2.24) is 0 Å². The summed E-state index contributed by atoms with van der Waals surface area (Å²) in [5, 5.41) is 3.86. The Labute approximate surface area is 127 Å². The number of nitrogen functional groups attached to an aromatic ring is 1. The van der Waals surface area contributed by atoms with Crippen molar-refractivity contribution in [2.45, 2.75) is 13.3 Å². The van der Waals surface area contributed by atoms with Gasteiger partial charge in [-0.25, -0.2) is 0 Å².